The summed E-state index contributed by atoms with van der Waals surface area (Å²) in [6.07, 6.45) is 4.74. The SMILES string of the molecule is CC.CC.CC(C)(C)OC(=O)NCC(=O)N1CCC[C@H]1C(N)=O.CCCCC. The Kier molecular flexibility index (Phi) is 20.5. The summed E-state index contributed by atoms with van der Waals surface area (Å²) in [6.45, 7) is 17.9. The van der Waals surface area contributed by atoms with E-state index in [9.17, 15) is 14.4 Å². The Morgan fingerprint density at radius 2 is 1.57 bits per heavy atom. The van der Waals surface area contributed by atoms with Crippen molar-refractivity contribution in [3.63, 3.8) is 0 Å². The van der Waals surface area contributed by atoms with Crippen LogP contribution in [0.1, 0.15) is 94.4 Å². The molecule has 0 spiro atoms. The molecule has 7 nitrogen and oxygen atoms in total. The van der Waals surface area contributed by atoms with Gasteiger partial charge in [0.05, 0.1) is 0 Å². The lowest BCUT2D eigenvalue weighted by molar-refractivity contribution is -0.136. The molecule has 28 heavy (non-hydrogen) atoms. The van der Waals surface area contributed by atoms with Crippen LogP contribution in [0.25, 0.3) is 0 Å². The lowest BCUT2D eigenvalue weighted by Crippen LogP contribution is -2.48. The first kappa shape index (κ1) is 30.9. The van der Waals surface area contributed by atoms with Gasteiger partial charge in [-0.2, -0.15) is 0 Å². The summed E-state index contributed by atoms with van der Waals surface area (Å²) in [6, 6.07) is -0.562. The highest BCUT2D eigenvalue weighted by atomic mass is 16.6. The van der Waals surface area contributed by atoms with Crippen LogP contribution in [0, 0.1) is 0 Å². The molecule has 168 valence electrons. The number of hydrogen-bond acceptors (Lipinski definition) is 4. The van der Waals surface area contributed by atoms with Crippen molar-refractivity contribution in [2.24, 2.45) is 5.73 Å². The van der Waals surface area contributed by atoms with Gasteiger partial charge in [0.25, 0.3) is 0 Å². The molecule has 0 aromatic heterocycles. The van der Waals surface area contributed by atoms with Gasteiger partial charge < -0.3 is 20.7 Å². The fraction of sp³-hybridized carbons (Fsp3) is 0.857. The number of nitrogens with two attached hydrogens (primary N) is 1. The molecule has 3 amide bonds. The van der Waals surface area contributed by atoms with Gasteiger partial charge in [-0.1, -0.05) is 60.8 Å². The second kappa shape index (κ2) is 18.6. The van der Waals surface area contributed by atoms with Gasteiger partial charge in [0.2, 0.25) is 11.8 Å². The molecule has 1 heterocycles. The van der Waals surface area contributed by atoms with E-state index >= 15 is 0 Å². The van der Waals surface area contributed by atoms with Crippen LogP contribution in [0.4, 0.5) is 4.79 Å². The smallest absolute Gasteiger partial charge is 0.408 e. The highest BCUT2D eigenvalue weighted by molar-refractivity contribution is 5.89. The van der Waals surface area contributed by atoms with Gasteiger partial charge in [-0.25, -0.2) is 4.79 Å². The van der Waals surface area contributed by atoms with Crippen molar-refractivity contribution in [2.45, 2.75) is 106 Å². The number of hydrogen-bond donors (Lipinski definition) is 2. The Morgan fingerprint density at radius 3 is 1.93 bits per heavy atom. The Morgan fingerprint density at radius 1 is 1.07 bits per heavy atom. The van der Waals surface area contributed by atoms with Crippen molar-refractivity contribution in [3.8, 4) is 0 Å². The van der Waals surface area contributed by atoms with Crippen LogP contribution in [0.3, 0.4) is 0 Å². The normalized spacial score (nSPS) is 14.9. The average molecular weight is 404 g/mol. The molecule has 0 bridgehead atoms. The molecule has 1 rings (SSSR count). The lowest BCUT2D eigenvalue weighted by atomic mass is 10.2. The summed E-state index contributed by atoms with van der Waals surface area (Å²) >= 11 is 0. The first-order valence-electron chi connectivity index (χ1n) is 10.7. The third-order valence-corrected chi connectivity index (χ3v) is 3.39. The van der Waals surface area contributed by atoms with Gasteiger partial charge in [0.15, 0.2) is 0 Å². The number of carbonyl (C=O) groups is 3. The molecule has 0 aliphatic carbocycles. The number of primary amides is 1. The zero-order valence-electron chi connectivity index (χ0n) is 19.7. The van der Waals surface area contributed by atoms with Crippen LogP contribution in [0.2, 0.25) is 0 Å². The van der Waals surface area contributed by atoms with Crippen LogP contribution in [0.15, 0.2) is 0 Å². The van der Waals surface area contributed by atoms with E-state index in [4.69, 9.17) is 10.5 Å². The Labute approximate surface area is 172 Å². The summed E-state index contributed by atoms with van der Waals surface area (Å²) in [5.41, 5.74) is 4.61. The fourth-order valence-corrected chi connectivity index (χ4v) is 2.28. The number of amides is 3. The van der Waals surface area contributed by atoms with Crippen LogP contribution in [-0.2, 0) is 14.3 Å². The molecular weight excluding hydrogens is 358 g/mol. The zero-order chi connectivity index (χ0) is 22.8. The topological polar surface area (TPSA) is 102 Å². The lowest BCUT2D eigenvalue weighted by Gasteiger charge is -2.23. The zero-order valence-corrected chi connectivity index (χ0v) is 19.7. The molecular formula is C21H45N3O4. The number of ether oxygens (including phenoxy) is 1. The Bertz CT molecular complexity index is 418. The Hall–Kier alpha value is -1.79. The van der Waals surface area contributed by atoms with Crippen molar-refractivity contribution in [3.05, 3.63) is 0 Å². The summed E-state index contributed by atoms with van der Waals surface area (Å²) in [4.78, 5) is 35.8. The van der Waals surface area contributed by atoms with E-state index in [0.717, 1.165) is 6.42 Å². The Balaban J connectivity index is -0.000000590. The molecule has 3 N–H and O–H groups in total. The maximum absolute atomic E-state index is 11.9. The molecule has 1 aliphatic rings. The maximum Gasteiger partial charge on any atom is 0.408 e. The van der Waals surface area contributed by atoms with Crippen LogP contribution in [-0.4, -0.2) is 47.5 Å². The highest BCUT2D eigenvalue weighted by Crippen LogP contribution is 2.16. The minimum atomic E-state index is -0.657. The van der Waals surface area contributed by atoms with Gasteiger partial charge in [0.1, 0.15) is 18.2 Å². The van der Waals surface area contributed by atoms with Gasteiger partial charge in [-0.05, 0) is 33.6 Å². The molecule has 1 atom stereocenters. The van der Waals surface area contributed by atoms with E-state index in [2.05, 4.69) is 19.2 Å². The van der Waals surface area contributed by atoms with Crippen molar-refractivity contribution >= 4 is 17.9 Å². The average Bonchev–Trinajstić information content (AvgIpc) is 3.13. The second-order valence-electron chi connectivity index (χ2n) is 6.86. The first-order chi connectivity index (χ1) is 13.1. The van der Waals surface area contributed by atoms with E-state index in [1.54, 1.807) is 20.8 Å². The van der Waals surface area contributed by atoms with Crippen molar-refractivity contribution in [1.29, 1.82) is 0 Å². The molecule has 1 saturated heterocycles. The summed E-state index contributed by atoms with van der Waals surface area (Å²) < 4.78 is 5.01. The number of likely N-dealkylation sites (tertiary alicyclic amines) is 1. The largest absolute Gasteiger partial charge is 0.444 e. The molecule has 0 saturated carbocycles. The van der Waals surface area contributed by atoms with E-state index in [0.29, 0.717) is 13.0 Å². The quantitative estimate of drug-likeness (QED) is 0.717. The molecule has 1 aliphatic heterocycles. The maximum atomic E-state index is 11.9. The van der Waals surface area contributed by atoms with E-state index in [1.807, 2.05) is 27.7 Å². The number of nitrogens with zero attached hydrogens (tertiary/aromatic N) is 1. The van der Waals surface area contributed by atoms with Gasteiger partial charge in [-0.15, -0.1) is 0 Å². The number of nitrogens with one attached hydrogen (secondary N) is 1. The summed E-state index contributed by atoms with van der Waals surface area (Å²) in [5, 5.41) is 2.37. The van der Waals surface area contributed by atoms with Gasteiger partial charge in [0, 0.05) is 6.54 Å². The second-order valence-corrected chi connectivity index (χ2v) is 6.86. The monoisotopic (exact) mass is 403 g/mol. The van der Waals surface area contributed by atoms with Crippen molar-refractivity contribution in [1.82, 2.24) is 10.2 Å². The number of unbranched alkanes of at least 4 members (excludes halogenated alkanes) is 2. The summed E-state index contributed by atoms with van der Waals surface area (Å²) in [5.74, 6) is -0.838. The molecule has 0 aromatic rings. The molecule has 0 radical (unpaired) electrons. The predicted octanol–water partition coefficient (Wildman–Crippen LogP) is 4.24. The van der Waals surface area contributed by atoms with E-state index in [1.165, 1.54) is 24.2 Å². The highest BCUT2D eigenvalue weighted by Gasteiger charge is 2.32. The molecule has 0 unspecified atom stereocenters. The predicted molar refractivity (Wildman–Crippen MR) is 116 cm³/mol. The minimum Gasteiger partial charge on any atom is -0.444 e. The van der Waals surface area contributed by atoms with E-state index < -0.39 is 23.6 Å². The van der Waals surface area contributed by atoms with Crippen LogP contribution in [0.5, 0.6) is 0 Å². The first-order valence-corrected chi connectivity index (χ1v) is 10.7. The van der Waals surface area contributed by atoms with Crippen molar-refractivity contribution < 1.29 is 19.1 Å². The summed E-state index contributed by atoms with van der Waals surface area (Å²) in [7, 11) is 0. The standard InChI is InChI=1S/C12H21N3O4.C5H12.2C2H6/c1-12(2,3)19-11(18)14-7-9(16)15-6-4-5-8(15)10(13)17;1-3-5-4-2;2*1-2/h8H,4-7H2,1-3H3,(H2,13,17)(H,14,18);3-5H2,1-2H3;2*1-2H3/t8-;;;/m0.../s1. The van der Waals surface area contributed by atoms with Crippen LogP contribution >= 0.6 is 0 Å². The number of alkyl carbamates (subject to hydrolysis) is 1. The van der Waals surface area contributed by atoms with Gasteiger partial charge in [-0.3, -0.25) is 9.59 Å². The van der Waals surface area contributed by atoms with Gasteiger partial charge >= 0.3 is 6.09 Å². The van der Waals surface area contributed by atoms with Crippen LogP contribution < -0.4 is 11.1 Å². The number of rotatable bonds is 5. The third kappa shape index (κ3) is 16.4. The molecule has 0 aromatic carbocycles. The fourth-order valence-electron chi connectivity index (χ4n) is 2.28. The molecule has 1 fully saturated rings. The molecule has 7 heteroatoms. The van der Waals surface area contributed by atoms with Crippen molar-refractivity contribution in [2.75, 3.05) is 13.1 Å². The van der Waals surface area contributed by atoms with E-state index in [-0.39, 0.29) is 12.5 Å². The third-order valence-electron chi connectivity index (χ3n) is 3.39. The number of carbonyl (C=O) groups excluding carboxylic acids is 3. The minimum absolute atomic E-state index is 0.196.